The Balaban J connectivity index is 2.93. The van der Waals surface area contributed by atoms with Gasteiger partial charge < -0.3 is 5.73 Å². The van der Waals surface area contributed by atoms with Crippen LogP contribution in [0.1, 0.15) is 26.1 Å². The maximum Gasteiger partial charge on any atom is 0.147 e. The lowest BCUT2D eigenvalue weighted by molar-refractivity contribution is 0.445. The van der Waals surface area contributed by atoms with E-state index in [1.54, 1.807) is 18.5 Å². The van der Waals surface area contributed by atoms with Crippen molar-refractivity contribution in [1.29, 1.82) is 0 Å². The molecule has 3 nitrogen and oxygen atoms in total. The average Bonchev–Trinajstić information content (AvgIpc) is 2.06. The normalized spacial score (nSPS) is 15.9. The van der Waals surface area contributed by atoms with Gasteiger partial charge in [0, 0.05) is 12.4 Å². The minimum atomic E-state index is -0.388. The maximum atomic E-state index is 5.91. The highest BCUT2D eigenvalue weighted by atomic mass is 14.9. The molecule has 0 aromatic carbocycles. The summed E-state index contributed by atoms with van der Waals surface area (Å²) in [5.74, 6) is 0.711. The topological polar surface area (TPSA) is 51.8 Å². The van der Waals surface area contributed by atoms with Crippen LogP contribution >= 0.6 is 0 Å². The zero-order chi connectivity index (χ0) is 8.32. The first-order valence-electron chi connectivity index (χ1n) is 3.73. The second-order valence-corrected chi connectivity index (χ2v) is 2.84. The Morgan fingerprint density at radius 3 is 2.45 bits per heavy atom. The minimum absolute atomic E-state index is 0.388. The van der Waals surface area contributed by atoms with Crippen LogP contribution in [0.3, 0.4) is 0 Å². The van der Waals surface area contributed by atoms with E-state index in [0.29, 0.717) is 5.82 Å². The molecule has 1 heterocycles. The third-order valence-electron chi connectivity index (χ3n) is 1.81. The molecule has 3 heteroatoms. The Bertz CT molecular complexity index is 218. The standard InChI is InChI=1S/C8H13N3/c1-3-8(2,9)7-10-5-4-6-11-7/h4-6H,3,9H2,1-2H3. The van der Waals surface area contributed by atoms with E-state index in [1.165, 1.54) is 0 Å². The SMILES string of the molecule is CCC(C)(N)c1ncccn1. The number of rotatable bonds is 2. The van der Waals surface area contributed by atoms with E-state index in [2.05, 4.69) is 9.97 Å². The van der Waals surface area contributed by atoms with E-state index in [0.717, 1.165) is 6.42 Å². The molecule has 1 aromatic rings. The summed E-state index contributed by atoms with van der Waals surface area (Å²) in [4.78, 5) is 8.17. The fourth-order valence-corrected chi connectivity index (χ4v) is 0.752. The van der Waals surface area contributed by atoms with Crippen LogP contribution in [0.4, 0.5) is 0 Å². The summed E-state index contributed by atoms with van der Waals surface area (Å²) in [7, 11) is 0. The molecule has 0 aliphatic heterocycles. The van der Waals surface area contributed by atoms with Crippen molar-refractivity contribution in [2.75, 3.05) is 0 Å². The Hall–Kier alpha value is -0.960. The van der Waals surface area contributed by atoms with Crippen LogP contribution in [0.2, 0.25) is 0 Å². The Morgan fingerprint density at radius 1 is 1.45 bits per heavy atom. The number of aromatic nitrogens is 2. The van der Waals surface area contributed by atoms with Crippen LogP contribution < -0.4 is 5.73 Å². The van der Waals surface area contributed by atoms with Crippen LogP contribution in [0.15, 0.2) is 18.5 Å². The number of nitrogens with zero attached hydrogens (tertiary/aromatic N) is 2. The molecule has 0 aliphatic rings. The van der Waals surface area contributed by atoms with E-state index in [-0.39, 0.29) is 5.54 Å². The molecular formula is C8H13N3. The minimum Gasteiger partial charge on any atom is -0.319 e. The summed E-state index contributed by atoms with van der Waals surface area (Å²) >= 11 is 0. The van der Waals surface area contributed by atoms with Gasteiger partial charge >= 0.3 is 0 Å². The first-order valence-corrected chi connectivity index (χ1v) is 3.73. The highest BCUT2D eigenvalue weighted by Crippen LogP contribution is 2.15. The Kier molecular flexibility index (Phi) is 2.19. The quantitative estimate of drug-likeness (QED) is 0.687. The van der Waals surface area contributed by atoms with Gasteiger partial charge in [-0.3, -0.25) is 0 Å². The maximum absolute atomic E-state index is 5.91. The fraction of sp³-hybridized carbons (Fsp3) is 0.500. The monoisotopic (exact) mass is 151 g/mol. The van der Waals surface area contributed by atoms with E-state index in [9.17, 15) is 0 Å². The molecule has 1 aromatic heterocycles. The summed E-state index contributed by atoms with van der Waals surface area (Å²) in [5.41, 5.74) is 5.52. The molecule has 0 spiro atoms. The van der Waals surface area contributed by atoms with E-state index >= 15 is 0 Å². The second kappa shape index (κ2) is 2.96. The van der Waals surface area contributed by atoms with Gasteiger partial charge in [-0.2, -0.15) is 0 Å². The van der Waals surface area contributed by atoms with Crippen molar-refractivity contribution in [3.05, 3.63) is 24.3 Å². The van der Waals surface area contributed by atoms with Gasteiger partial charge in [0.1, 0.15) is 5.82 Å². The van der Waals surface area contributed by atoms with Gasteiger partial charge in [-0.25, -0.2) is 9.97 Å². The molecular weight excluding hydrogens is 138 g/mol. The van der Waals surface area contributed by atoms with Gasteiger partial charge in [0.15, 0.2) is 0 Å². The van der Waals surface area contributed by atoms with Crippen molar-refractivity contribution in [2.45, 2.75) is 25.8 Å². The fourth-order valence-electron chi connectivity index (χ4n) is 0.752. The molecule has 1 rings (SSSR count). The molecule has 60 valence electrons. The first kappa shape index (κ1) is 8.14. The summed E-state index contributed by atoms with van der Waals surface area (Å²) in [5, 5.41) is 0. The van der Waals surface area contributed by atoms with E-state index < -0.39 is 0 Å². The molecule has 0 fully saturated rings. The predicted molar refractivity (Wildman–Crippen MR) is 43.9 cm³/mol. The van der Waals surface area contributed by atoms with Crippen molar-refractivity contribution >= 4 is 0 Å². The van der Waals surface area contributed by atoms with Gasteiger partial charge in [0.2, 0.25) is 0 Å². The van der Waals surface area contributed by atoms with Crippen molar-refractivity contribution in [2.24, 2.45) is 5.73 Å². The highest BCUT2D eigenvalue weighted by Gasteiger charge is 2.20. The molecule has 0 amide bonds. The largest absolute Gasteiger partial charge is 0.319 e. The van der Waals surface area contributed by atoms with Gasteiger partial charge in [-0.15, -0.1) is 0 Å². The van der Waals surface area contributed by atoms with Crippen LogP contribution in [0, 0.1) is 0 Å². The molecule has 0 saturated heterocycles. The third kappa shape index (κ3) is 1.74. The molecule has 2 N–H and O–H groups in total. The lowest BCUT2D eigenvalue weighted by atomic mass is 10.00. The van der Waals surface area contributed by atoms with E-state index in [1.807, 2.05) is 13.8 Å². The van der Waals surface area contributed by atoms with Gasteiger partial charge in [-0.1, -0.05) is 6.92 Å². The van der Waals surface area contributed by atoms with E-state index in [4.69, 9.17) is 5.73 Å². The second-order valence-electron chi connectivity index (χ2n) is 2.84. The Labute approximate surface area is 66.7 Å². The lowest BCUT2D eigenvalue weighted by Gasteiger charge is -2.19. The molecule has 0 bridgehead atoms. The molecule has 1 atom stereocenters. The number of nitrogens with two attached hydrogens (primary N) is 1. The highest BCUT2D eigenvalue weighted by molar-refractivity contribution is 5.01. The summed E-state index contributed by atoms with van der Waals surface area (Å²) < 4.78 is 0. The van der Waals surface area contributed by atoms with Crippen molar-refractivity contribution < 1.29 is 0 Å². The van der Waals surface area contributed by atoms with Gasteiger partial charge in [-0.05, 0) is 19.4 Å². The van der Waals surface area contributed by atoms with Crippen LogP contribution in [0.25, 0.3) is 0 Å². The zero-order valence-electron chi connectivity index (χ0n) is 6.91. The van der Waals surface area contributed by atoms with Crippen molar-refractivity contribution in [1.82, 2.24) is 9.97 Å². The van der Waals surface area contributed by atoms with Gasteiger partial charge in [0.05, 0.1) is 5.54 Å². The smallest absolute Gasteiger partial charge is 0.147 e. The zero-order valence-corrected chi connectivity index (χ0v) is 6.91. The van der Waals surface area contributed by atoms with Crippen LogP contribution in [-0.4, -0.2) is 9.97 Å². The molecule has 11 heavy (non-hydrogen) atoms. The molecule has 0 saturated carbocycles. The average molecular weight is 151 g/mol. The summed E-state index contributed by atoms with van der Waals surface area (Å²) in [6, 6.07) is 1.79. The van der Waals surface area contributed by atoms with Gasteiger partial charge in [0.25, 0.3) is 0 Å². The lowest BCUT2D eigenvalue weighted by Crippen LogP contribution is -2.34. The molecule has 0 radical (unpaired) electrons. The van der Waals surface area contributed by atoms with Crippen molar-refractivity contribution in [3.8, 4) is 0 Å². The molecule has 1 unspecified atom stereocenters. The molecule has 0 aliphatic carbocycles. The number of hydrogen-bond donors (Lipinski definition) is 1. The predicted octanol–water partition coefficient (Wildman–Crippen LogP) is 1.06. The van der Waals surface area contributed by atoms with Crippen molar-refractivity contribution in [3.63, 3.8) is 0 Å². The third-order valence-corrected chi connectivity index (χ3v) is 1.81. The summed E-state index contributed by atoms with van der Waals surface area (Å²) in [6.45, 7) is 3.96. The first-order chi connectivity index (χ1) is 5.17. The summed E-state index contributed by atoms with van der Waals surface area (Å²) in [6.07, 6.45) is 4.27. The Morgan fingerprint density at radius 2 is 2.00 bits per heavy atom. The van der Waals surface area contributed by atoms with Crippen LogP contribution in [-0.2, 0) is 5.54 Å². The van der Waals surface area contributed by atoms with Crippen LogP contribution in [0.5, 0.6) is 0 Å². The number of hydrogen-bond acceptors (Lipinski definition) is 3.